The fraction of sp³-hybridized carbons (Fsp3) is 0.929. The predicted octanol–water partition coefficient (Wildman–Crippen LogP) is 8.76. The molecule has 206 valence electrons. The predicted molar refractivity (Wildman–Crippen MR) is 153 cm³/mol. The summed E-state index contributed by atoms with van der Waals surface area (Å²) in [6, 6.07) is 0. The number of hydrogen-bond donors (Lipinski definition) is 2. The van der Waals surface area contributed by atoms with E-state index in [9.17, 15) is 9.59 Å². The molecule has 0 bridgehead atoms. The fourth-order valence-electron chi connectivity index (χ4n) is 3.64. The molecule has 0 amide bonds. The first-order valence-corrected chi connectivity index (χ1v) is 15.4. The molecular formula is C28H56O4S2Zn. The first kappa shape index (κ1) is 39.8. The van der Waals surface area contributed by atoms with E-state index in [2.05, 4.69) is 39.1 Å². The van der Waals surface area contributed by atoms with Crippen molar-refractivity contribution in [3.05, 3.63) is 0 Å². The number of carbonyl (C=O) groups is 2. The van der Waals surface area contributed by atoms with Crippen LogP contribution in [0.15, 0.2) is 0 Å². The van der Waals surface area contributed by atoms with E-state index < -0.39 is 0 Å². The number of carbonyl (C=O) groups excluding carboxylic acids is 2. The second kappa shape index (κ2) is 36.4. The molecule has 0 aromatic rings. The van der Waals surface area contributed by atoms with Crippen LogP contribution in [-0.2, 0) is 38.5 Å². The van der Waals surface area contributed by atoms with Crippen LogP contribution in [-0.4, -0.2) is 36.7 Å². The molecule has 0 spiro atoms. The number of esters is 2. The first-order valence-electron chi connectivity index (χ1n) is 14.1. The molecule has 35 heavy (non-hydrogen) atoms. The van der Waals surface area contributed by atoms with Crippen molar-refractivity contribution in [2.75, 3.05) is 24.7 Å². The van der Waals surface area contributed by atoms with Gasteiger partial charge in [-0.1, -0.05) is 129 Å². The van der Waals surface area contributed by atoms with E-state index in [1.807, 2.05) is 0 Å². The van der Waals surface area contributed by atoms with Gasteiger partial charge in [0.15, 0.2) is 0 Å². The van der Waals surface area contributed by atoms with Crippen molar-refractivity contribution in [1.82, 2.24) is 0 Å². The van der Waals surface area contributed by atoms with Gasteiger partial charge in [0.05, 0.1) is 24.7 Å². The third-order valence-electron chi connectivity index (χ3n) is 5.78. The van der Waals surface area contributed by atoms with Crippen LogP contribution < -0.4 is 0 Å². The fourth-order valence-corrected chi connectivity index (χ4v) is 3.82. The van der Waals surface area contributed by atoms with E-state index in [0.717, 1.165) is 12.8 Å². The second-order valence-corrected chi connectivity index (χ2v) is 9.75. The molecule has 0 N–H and O–H groups in total. The van der Waals surface area contributed by atoms with Gasteiger partial charge in [0, 0.05) is 19.5 Å². The summed E-state index contributed by atoms with van der Waals surface area (Å²) in [4.78, 5) is 21.5. The Kier molecular flexibility index (Phi) is 41.4. The van der Waals surface area contributed by atoms with Gasteiger partial charge in [-0.3, -0.25) is 9.59 Å². The largest absolute Gasteiger partial charge is 0.465 e. The summed E-state index contributed by atoms with van der Waals surface area (Å²) >= 11 is 7.69. The van der Waals surface area contributed by atoms with Crippen molar-refractivity contribution in [3.63, 3.8) is 0 Å². The monoisotopic (exact) mass is 584 g/mol. The topological polar surface area (TPSA) is 52.6 Å². The molecule has 0 heterocycles. The van der Waals surface area contributed by atoms with Crippen molar-refractivity contribution >= 4 is 37.2 Å². The van der Waals surface area contributed by atoms with Crippen molar-refractivity contribution in [1.29, 1.82) is 0 Å². The van der Waals surface area contributed by atoms with Gasteiger partial charge in [-0.05, 0) is 12.8 Å². The van der Waals surface area contributed by atoms with Crippen LogP contribution in [0.25, 0.3) is 0 Å². The molecule has 7 heteroatoms. The third kappa shape index (κ3) is 38.9. The van der Waals surface area contributed by atoms with Gasteiger partial charge in [-0.25, -0.2) is 0 Å². The molecule has 0 saturated heterocycles. The van der Waals surface area contributed by atoms with E-state index in [1.54, 1.807) is 0 Å². The maximum absolute atomic E-state index is 10.8. The number of rotatable bonds is 24. The van der Waals surface area contributed by atoms with E-state index in [1.165, 1.54) is 116 Å². The Morgan fingerprint density at radius 2 is 0.686 bits per heavy atom. The minimum atomic E-state index is -0.204. The van der Waals surface area contributed by atoms with Crippen LogP contribution in [0, 0.1) is 0 Å². The Morgan fingerprint density at radius 1 is 0.457 bits per heavy atom. The van der Waals surface area contributed by atoms with Crippen LogP contribution in [0.2, 0.25) is 0 Å². The molecule has 0 aliphatic rings. The maximum atomic E-state index is 10.8. The van der Waals surface area contributed by atoms with Gasteiger partial charge >= 0.3 is 11.9 Å². The van der Waals surface area contributed by atoms with Gasteiger partial charge in [-0.15, -0.1) is 0 Å². The molecule has 0 fully saturated rings. The standard InChI is InChI=1S/2C14H28O2S.Zn/c2*1-2-3-4-5-6-7-8-9-10-11-12-16-14(15)13-17;/h2*17H,2-13H2,1H3;. The number of thiol groups is 2. The molecule has 4 nitrogen and oxygen atoms in total. The van der Waals surface area contributed by atoms with Gasteiger partial charge in [0.25, 0.3) is 0 Å². The molecule has 0 radical (unpaired) electrons. The summed E-state index contributed by atoms with van der Waals surface area (Å²) in [5, 5.41) is 0. The first-order chi connectivity index (χ1) is 16.6. The van der Waals surface area contributed by atoms with Crippen molar-refractivity contribution in [2.24, 2.45) is 0 Å². The van der Waals surface area contributed by atoms with Crippen molar-refractivity contribution < 1.29 is 38.5 Å². The Bertz CT molecular complexity index is 388. The summed E-state index contributed by atoms with van der Waals surface area (Å²) in [5.41, 5.74) is 0. The zero-order chi connectivity index (χ0) is 25.5. The average molecular weight is 586 g/mol. The van der Waals surface area contributed by atoms with Crippen LogP contribution in [0.4, 0.5) is 0 Å². The SMILES string of the molecule is CCCCCCCCCCCCOC(=O)CS.CCCCCCCCCCCCOC(=O)CS.[Zn]. The zero-order valence-corrected chi connectivity index (χ0v) is 28.0. The number of unbranched alkanes of at least 4 members (excludes halogenated alkanes) is 18. The smallest absolute Gasteiger partial charge is 0.315 e. The molecule has 0 aromatic carbocycles. The Labute approximate surface area is 241 Å². The van der Waals surface area contributed by atoms with Crippen LogP contribution in [0.1, 0.15) is 142 Å². The number of ether oxygens (including phenoxy) is 2. The van der Waals surface area contributed by atoms with Crippen LogP contribution in [0.5, 0.6) is 0 Å². The van der Waals surface area contributed by atoms with Gasteiger partial charge in [0.2, 0.25) is 0 Å². The van der Waals surface area contributed by atoms with Crippen molar-refractivity contribution in [2.45, 2.75) is 142 Å². The summed E-state index contributed by atoms with van der Waals surface area (Å²) < 4.78 is 9.90. The minimum Gasteiger partial charge on any atom is -0.465 e. The Morgan fingerprint density at radius 3 is 0.914 bits per heavy atom. The van der Waals surface area contributed by atoms with Crippen LogP contribution >= 0.6 is 25.3 Å². The summed E-state index contributed by atoms with van der Waals surface area (Å²) in [6.45, 7) is 5.63. The van der Waals surface area contributed by atoms with Crippen molar-refractivity contribution in [3.8, 4) is 0 Å². The number of hydrogen-bond acceptors (Lipinski definition) is 6. The second-order valence-electron chi connectivity index (χ2n) is 9.12. The molecule has 0 aromatic heterocycles. The minimum absolute atomic E-state index is 0. The molecule has 0 rings (SSSR count). The molecule has 0 saturated carbocycles. The molecule has 0 atom stereocenters. The van der Waals surface area contributed by atoms with E-state index >= 15 is 0 Å². The van der Waals surface area contributed by atoms with E-state index in [4.69, 9.17) is 9.47 Å². The molecule has 0 aliphatic carbocycles. The van der Waals surface area contributed by atoms with Gasteiger partial charge in [-0.2, -0.15) is 25.3 Å². The Balaban J connectivity index is -0.000000569. The van der Waals surface area contributed by atoms with Gasteiger partial charge in [0.1, 0.15) is 0 Å². The zero-order valence-electron chi connectivity index (χ0n) is 23.2. The third-order valence-corrected chi connectivity index (χ3v) is 6.30. The van der Waals surface area contributed by atoms with Gasteiger partial charge < -0.3 is 9.47 Å². The summed E-state index contributed by atoms with van der Waals surface area (Å²) in [7, 11) is 0. The average Bonchev–Trinajstić information content (AvgIpc) is 2.85. The molecule has 0 aliphatic heterocycles. The molecular weight excluding hydrogens is 530 g/mol. The van der Waals surface area contributed by atoms with E-state index in [0.29, 0.717) is 13.2 Å². The molecule has 0 unspecified atom stereocenters. The Hall–Kier alpha value is 0.263. The quantitative estimate of drug-likeness (QED) is 0.0514. The summed E-state index contributed by atoms with van der Waals surface area (Å²) in [5.74, 6) is -0.0243. The normalized spacial score (nSPS) is 10.2. The van der Waals surface area contributed by atoms with E-state index in [-0.39, 0.29) is 42.9 Å². The summed E-state index contributed by atoms with van der Waals surface area (Å²) in [6.07, 6.45) is 26.0. The van der Waals surface area contributed by atoms with Crippen LogP contribution in [0.3, 0.4) is 0 Å². The maximum Gasteiger partial charge on any atom is 0.315 e.